The Labute approximate surface area is 128 Å². The number of aryl methyl sites for hydroxylation is 1. The molecule has 0 saturated carbocycles. The van der Waals surface area contributed by atoms with Crippen molar-refractivity contribution in [2.75, 3.05) is 53.0 Å². The normalized spacial score (nSPS) is 18.1. The number of benzene rings is 1. The molecule has 1 aromatic rings. The Morgan fingerprint density at radius 2 is 1.90 bits per heavy atom. The van der Waals surface area contributed by atoms with Crippen LogP contribution >= 0.6 is 0 Å². The number of hydrogen-bond acceptors (Lipinski definition) is 4. The van der Waals surface area contributed by atoms with Crippen molar-refractivity contribution in [2.24, 2.45) is 0 Å². The van der Waals surface area contributed by atoms with E-state index in [1.807, 2.05) is 0 Å². The van der Waals surface area contributed by atoms with E-state index < -0.39 is 0 Å². The summed E-state index contributed by atoms with van der Waals surface area (Å²) in [7, 11) is 2.08. The van der Waals surface area contributed by atoms with Gasteiger partial charge in [0.25, 0.3) is 0 Å². The summed E-state index contributed by atoms with van der Waals surface area (Å²) in [4.78, 5) is 4.49. The van der Waals surface area contributed by atoms with Gasteiger partial charge in [0.05, 0.1) is 19.3 Å². The first-order chi connectivity index (χ1) is 10.1. The van der Waals surface area contributed by atoms with Crippen LogP contribution in [0.15, 0.2) is 24.3 Å². The number of rotatable bonds is 7. The Balaban J connectivity index is 1.65. The predicted molar refractivity (Wildman–Crippen MR) is 85.6 cm³/mol. The van der Waals surface area contributed by atoms with Crippen LogP contribution in [0.4, 0.5) is 0 Å². The quantitative estimate of drug-likeness (QED) is 0.818. The highest BCUT2D eigenvalue weighted by molar-refractivity contribution is 5.21. The van der Waals surface area contributed by atoms with Crippen molar-refractivity contribution in [1.82, 2.24) is 9.80 Å². The predicted octanol–water partition coefficient (Wildman–Crippen LogP) is 1.16. The van der Waals surface area contributed by atoms with Crippen molar-refractivity contribution in [3.05, 3.63) is 35.4 Å². The monoisotopic (exact) mass is 292 g/mol. The van der Waals surface area contributed by atoms with Crippen LogP contribution in [0.5, 0.6) is 0 Å². The third-order valence-electron chi connectivity index (χ3n) is 4.00. The number of β-amino-alcohol motifs (C(OH)–C–C–N with tert-alkyl or cyclic N) is 1. The molecule has 2 rings (SSSR count). The number of ether oxygens (including phenoxy) is 1. The molecule has 1 aromatic carbocycles. The van der Waals surface area contributed by atoms with Gasteiger partial charge in [-0.25, -0.2) is 0 Å². The Kier molecular flexibility index (Phi) is 6.64. The van der Waals surface area contributed by atoms with Crippen molar-refractivity contribution in [2.45, 2.75) is 19.4 Å². The lowest BCUT2D eigenvalue weighted by Crippen LogP contribution is -2.44. The van der Waals surface area contributed by atoms with Gasteiger partial charge in [0.1, 0.15) is 0 Å². The molecule has 4 heteroatoms. The van der Waals surface area contributed by atoms with Crippen molar-refractivity contribution in [3.63, 3.8) is 0 Å². The molecule has 118 valence electrons. The zero-order chi connectivity index (χ0) is 15.1. The Morgan fingerprint density at radius 3 is 2.57 bits per heavy atom. The molecule has 0 spiro atoms. The number of aliphatic hydroxyl groups is 1. The molecule has 0 aliphatic carbocycles. The molecule has 1 N–H and O–H groups in total. The smallest absolute Gasteiger partial charge is 0.0793 e. The SMILES string of the molecule is Cc1ccc(CCN(C)CC(O)CN2CCOCC2)cc1. The van der Waals surface area contributed by atoms with Gasteiger partial charge in [-0.05, 0) is 26.0 Å². The Morgan fingerprint density at radius 1 is 1.24 bits per heavy atom. The molecule has 0 radical (unpaired) electrons. The van der Waals surface area contributed by atoms with Gasteiger partial charge in [-0.15, -0.1) is 0 Å². The first-order valence-electron chi connectivity index (χ1n) is 7.86. The molecule has 4 nitrogen and oxygen atoms in total. The molecule has 0 amide bonds. The third-order valence-corrected chi connectivity index (χ3v) is 4.00. The van der Waals surface area contributed by atoms with Gasteiger partial charge in [-0.3, -0.25) is 4.90 Å². The van der Waals surface area contributed by atoms with Gasteiger partial charge in [0.2, 0.25) is 0 Å². The van der Waals surface area contributed by atoms with E-state index in [1.165, 1.54) is 11.1 Å². The lowest BCUT2D eigenvalue weighted by Gasteiger charge is -2.30. The minimum absolute atomic E-state index is 0.286. The maximum Gasteiger partial charge on any atom is 0.0793 e. The standard InChI is InChI=1S/C17H28N2O2/c1-15-3-5-16(6-4-15)7-8-18(2)13-17(20)14-19-9-11-21-12-10-19/h3-6,17,20H,7-14H2,1-2H3. The van der Waals surface area contributed by atoms with Crippen molar-refractivity contribution in [3.8, 4) is 0 Å². The highest BCUT2D eigenvalue weighted by atomic mass is 16.5. The van der Waals surface area contributed by atoms with E-state index in [9.17, 15) is 5.11 Å². The average molecular weight is 292 g/mol. The van der Waals surface area contributed by atoms with E-state index in [0.29, 0.717) is 0 Å². The second-order valence-electron chi connectivity index (χ2n) is 6.06. The molecule has 1 saturated heterocycles. The summed E-state index contributed by atoms with van der Waals surface area (Å²) in [5.74, 6) is 0. The van der Waals surface area contributed by atoms with E-state index in [4.69, 9.17) is 4.74 Å². The van der Waals surface area contributed by atoms with Gasteiger partial charge < -0.3 is 14.7 Å². The minimum atomic E-state index is -0.286. The van der Waals surface area contributed by atoms with Gasteiger partial charge in [-0.2, -0.15) is 0 Å². The Bertz CT molecular complexity index is 402. The molecule has 0 aromatic heterocycles. The fourth-order valence-corrected chi connectivity index (χ4v) is 2.67. The molecular formula is C17H28N2O2. The second kappa shape index (κ2) is 8.49. The fraction of sp³-hybridized carbons (Fsp3) is 0.647. The van der Waals surface area contributed by atoms with E-state index in [1.54, 1.807) is 0 Å². The number of morpholine rings is 1. The Hall–Kier alpha value is -0.940. The van der Waals surface area contributed by atoms with Gasteiger partial charge in [0, 0.05) is 32.7 Å². The zero-order valence-electron chi connectivity index (χ0n) is 13.3. The van der Waals surface area contributed by atoms with Crippen LogP contribution in [0, 0.1) is 6.92 Å². The van der Waals surface area contributed by atoms with Crippen LogP contribution in [0.3, 0.4) is 0 Å². The first kappa shape index (κ1) is 16.4. The molecule has 1 fully saturated rings. The molecule has 1 aliphatic rings. The molecule has 21 heavy (non-hydrogen) atoms. The van der Waals surface area contributed by atoms with E-state index in [0.717, 1.165) is 52.4 Å². The maximum atomic E-state index is 10.2. The van der Waals surface area contributed by atoms with Crippen molar-refractivity contribution >= 4 is 0 Å². The fourth-order valence-electron chi connectivity index (χ4n) is 2.67. The van der Waals surface area contributed by atoms with Crippen LogP contribution in [-0.2, 0) is 11.2 Å². The summed E-state index contributed by atoms with van der Waals surface area (Å²) in [6, 6.07) is 8.69. The summed E-state index contributed by atoms with van der Waals surface area (Å²) < 4.78 is 5.32. The number of nitrogens with zero attached hydrogens (tertiary/aromatic N) is 2. The van der Waals surface area contributed by atoms with E-state index in [2.05, 4.69) is 48.0 Å². The summed E-state index contributed by atoms with van der Waals surface area (Å²) in [6.07, 6.45) is 0.743. The third kappa shape index (κ3) is 6.14. The van der Waals surface area contributed by atoms with E-state index in [-0.39, 0.29) is 6.10 Å². The van der Waals surface area contributed by atoms with Gasteiger partial charge >= 0.3 is 0 Å². The maximum absolute atomic E-state index is 10.2. The summed E-state index contributed by atoms with van der Waals surface area (Å²) in [6.45, 7) is 8.00. The van der Waals surface area contributed by atoms with Crippen LogP contribution in [0.1, 0.15) is 11.1 Å². The van der Waals surface area contributed by atoms with Crippen molar-refractivity contribution in [1.29, 1.82) is 0 Å². The van der Waals surface area contributed by atoms with Crippen molar-refractivity contribution < 1.29 is 9.84 Å². The highest BCUT2D eigenvalue weighted by Gasteiger charge is 2.16. The average Bonchev–Trinajstić information content (AvgIpc) is 2.47. The zero-order valence-corrected chi connectivity index (χ0v) is 13.3. The van der Waals surface area contributed by atoms with Crippen LogP contribution in [0.25, 0.3) is 0 Å². The molecular weight excluding hydrogens is 264 g/mol. The molecule has 0 bridgehead atoms. The van der Waals surface area contributed by atoms with Crippen LogP contribution in [-0.4, -0.2) is 74.0 Å². The lowest BCUT2D eigenvalue weighted by atomic mass is 10.1. The summed E-state index contributed by atoms with van der Waals surface area (Å²) in [5, 5.41) is 10.2. The van der Waals surface area contributed by atoms with E-state index >= 15 is 0 Å². The summed E-state index contributed by atoms with van der Waals surface area (Å²) in [5.41, 5.74) is 2.66. The largest absolute Gasteiger partial charge is 0.390 e. The molecule has 1 heterocycles. The second-order valence-corrected chi connectivity index (χ2v) is 6.06. The first-order valence-corrected chi connectivity index (χ1v) is 7.86. The molecule has 1 unspecified atom stereocenters. The summed E-state index contributed by atoms with van der Waals surface area (Å²) >= 11 is 0. The number of aliphatic hydroxyl groups excluding tert-OH is 1. The molecule has 1 aliphatic heterocycles. The minimum Gasteiger partial charge on any atom is -0.390 e. The molecule has 1 atom stereocenters. The van der Waals surface area contributed by atoms with Crippen LogP contribution < -0.4 is 0 Å². The lowest BCUT2D eigenvalue weighted by molar-refractivity contribution is 0.00878. The highest BCUT2D eigenvalue weighted by Crippen LogP contribution is 2.05. The number of likely N-dealkylation sites (N-methyl/N-ethyl adjacent to an activating group) is 1. The van der Waals surface area contributed by atoms with Gasteiger partial charge in [-0.1, -0.05) is 29.8 Å². The van der Waals surface area contributed by atoms with Crippen LogP contribution in [0.2, 0.25) is 0 Å². The number of hydrogen-bond donors (Lipinski definition) is 1. The van der Waals surface area contributed by atoms with Gasteiger partial charge in [0.15, 0.2) is 0 Å². The topological polar surface area (TPSA) is 35.9 Å².